The van der Waals surface area contributed by atoms with Crippen LogP contribution in [0.3, 0.4) is 0 Å². The second-order valence-electron chi connectivity index (χ2n) is 6.00. The van der Waals surface area contributed by atoms with Gasteiger partial charge in [0.05, 0.1) is 12.6 Å². The zero-order valence-electron chi connectivity index (χ0n) is 14.1. The van der Waals surface area contributed by atoms with E-state index in [1.54, 1.807) is 11.0 Å². The van der Waals surface area contributed by atoms with Gasteiger partial charge in [-0.1, -0.05) is 47.6 Å². The van der Waals surface area contributed by atoms with Crippen molar-refractivity contribution in [3.8, 4) is 0 Å². The van der Waals surface area contributed by atoms with E-state index in [2.05, 4.69) is 10.5 Å². The average Bonchev–Trinajstić information content (AvgIpc) is 3.33. The van der Waals surface area contributed by atoms with E-state index in [-0.39, 0.29) is 12.1 Å². The van der Waals surface area contributed by atoms with Crippen LogP contribution in [0.2, 0.25) is 0 Å². The molecule has 0 bridgehead atoms. The first kappa shape index (κ1) is 17.2. The lowest BCUT2D eigenvalue weighted by molar-refractivity contribution is 0.0841. The molecule has 6 heteroatoms. The van der Waals surface area contributed by atoms with Gasteiger partial charge in [0.1, 0.15) is 12.0 Å². The van der Waals surface area contributed by atoms with E-state index < -0.39 is 0 Å². The maximum absolute atomic E-state index is 12.5. The summed E-state index contributed by atoms with van der Waals surface area (Å²) in [7, 11) is 0. The number of aromatic nitrogens is 1. The highest BCUT2D eigenvalue weighted by atomic mass is 16.5. The average molecular weight is 341 g/mol. The fraction of sp³-hybridized carbons (Fsp3) is 0.368. The first-order chi connectivity index (χ1) is 12.3. The van der Waals surface area contributed by atoms with Crippen LogP contribution in [0.5, 0.6) is 0 Å². The topological polar surface area (TPSA) is 67.6 Å². The summed E-state index contributed by atoms with van der Waals surface area (Å²) in [6.07, 6.45) is 7.68. The number of hydrogen-bond donors (Lipinski definition) is 1. The Hall–Kier alpha value is -2.60. The molecule has 0 spiro atoms. The van der Waals surface area contributed by atoms with E-state index in [4.69, 9.17) is 9.26 Å². The first-order valence-corrected chi connectivity index (χ1v) is 8.56. The smallest absolute Gasteiger partial charge is 0.318 e. The van der Waals surface area contributed by atoms with Gasteiger partial charge in [-0.2, -0.15) is 0 Å². The van der Waals surface area contributed by atoms with Crippen LogP contribution >= 0.6 is 0 Å². The molecule has 132 valence electrons. The Bertz CT molecular complexity index is 664. The number of hydrogen-bond acceptors (Lipinski definition) is 4. The summed E-state index contributed by atoms with van der Waals surface area (Å²) in [5, 5.41) is 6.69. The molecule has 1 N–H and O–H groups in total. The molecule has 1 fully saturated rings. The summed E-state index contributed by atoms with van der Waals surface area (Å²) >= 11 is 0. The molecule has 1 aliphatic rings. The Morgan fingerprint density at radius 3 is 2.92 bits per heavy atom. The molecule has 1 aromatic carbocycles. The van der Waals surface area contributed by atoms with Crippen molar-refractivity contribution in [2.24, 2.45) is 0 Å². The second-order valence-corrected chi connectivity index (χ2v) is 6.00. The maximum Gasteiger partial charge on any atom is 0.318 e. The van der Waals surface area contributed by atoms with Gasteiger partial charge in [0.25, 0.3) is 0 Å². The molecule has 2 heterocycles. The summed E-state index contributed by atoms with van der Waals surface area (Å²) in [4.78, 5) is 14.3. The number of amides is 2. The Kier molecular flexibility index (Phi) is 6.23. The number of carbonyl (C=O) groups excluding carboxylic acids is 1. The molecule has 2 amide bonds. The summed E-state index contributed by atoms with van der Waals surface area (Å²) in [6.45, 7) is 2.24. The van der Waals surface area contributed by atoms with E-state index in [1.165, 1.54) is 6.26 Å². The summed E-state index contributed by atoms with van der Waals surface area (Å²) in [5.74, 6) is 0. The van der Waals surface area contributed by atoms with Crippen LogP contribution in [0.4, 0.5) is 4.79 Å². The minimum atomic E-state index is -0.129. The molecule has 1 saturated heterocycles. The number of ether oxygens (including phenoxy) is 1. The van der Waals surface area contributed by atoms with Crippen molar-refractivity contribution in [1.29, 1.82) is 0 Å². The highest BCUT2D eigenvalue weighted by Gasteiger charge is 2.21. The minimum Gasteiger partial charge on any atom is -0.376 e. The molecule has 25 heavy (non-hydrogen) atoms. The molecule has 3 rings (SSSR count). The van der Waals surface area contributed by atoms with Crippen LogP contribution in [0.25, 0.3) is 6.08 Å². The summed E-state index contributed by atoms with van der Waals surface area (Å²) < 4.78 is 10.5. The zero-order chi connectivity index (χ0) is 17.3. The van der Waals surface area contributed by atoms with Gasteiger partial charge in [0.15, 0.2) is 0 Å². The summed E-state index contributed by atoms with van der Waals surface area (Å²) in [6, 6.07) is 11.6. The van der Waals surface area contributed by atoms with Gasteiger partial charge in [0, 0.05) is 25.8 Å². The van der Waals surface area contributed by atoms with Crippen molar-refractivity contribution >= 4 is 12.1 Å². The van der Waals surface area contributed by atoms with E-state index in [9.17, 15) is 4.79 Å². The van der Waals surface area contributed by atoms with Crippen molar-refractivity contribution in [2.45, 2.75) is 25.5 Å². The molecular formula is C19H23N3O3. The Labute approximate surface area is 147 Å². The molecule has 2 aromatic rings. The van der Waals surface area contributed by atoms with Crippen LogP contribution in [0.15, 0.2) is 53.3 Å². The second kappa shape index (κ2) is 9.03. The van der Waals surface area contributed by atoms with Crippen molar-refractivity contribution in [2.75, 3.05) is 19.7 Å². The molecule has 1 aliphatic heterocycles. The molecule has 6 nitrogen and oxygen atoms in total. The third kappa shape index (κ3) is 5.46. The Morgan fingerprint density at radius 2 is 2.20 bits per heavy atom. The zero-order valence-corrected chi connectivity index (χ0v) is 14.1. The molecule has 1 atom stereocenters. The molecule has 0 saturated carbocycles. The maximum atomic E-state index is 12.5. The van der Waals surface area contributed by atoms with Gasteiger partial charge in [-0.15, -0.1) is 0 Å². The number of nitrogens with zero attached hydrogens (tertiary/aromatic N) is 2. The lowest BCUT2D eigenvalue weighted by Crippen LogP contribution is -2.43. The van der Waals surface area contributed by atoms with Crippen LogP contribution in [0, 0.1) is 0 Å². The lowest BCUT2D eigenvalue weighted by atomic mass is 10.2. The molecule has 0 radical (unpaired) electrons. The van der Waals surface area contributed by atoms with Gasteiger partial charge in [0.2, 0.25) is 0 Å². The predicted molar refractivity (Wildman–Crippen MR) is 94.8 cm³/mol. The third-order valence-corrected chi connectivity index (χ3v) is 4.08. The highest BCUT2D eigenvalue weighted by molar-refractivity contribution is 5.74. The van der Waals surface area contributed by atoms with E-state index in [1.807, 2.05) is 42.5 Å². The van der Waals surface area contributed by atoms with E-state index in [0.717, 1.165) is 25.0 Å². The minimum absolute atomic E-state index is 0.114. The first-order valence-electron chi connectivity index (χ1n) is 8.56. The SMILES string of the molecule is O=C(NCc1ccon1)N(C/C=C/c1ccccc1)CC1CCCO1. The van der Waals surface area contributed by atoms with Crippen molar-refractivity contribution < 1.29 is 14.1 Å². The molecule has 1 unspecified atom stereocenters. The number of benzene rings is 1. The van der Waals surface area contributed by atoms with Gasteiger partial charge in [-0.05, 0) is 18.4 Å². The number of carbonyl (C=O) groups is 1. The van der Waals surface area contributed by atoms with Crippen LogP contribution in [0.1, 0.15) is 24.1 Å². The normalized spacial score (nSPS) is 17.0. The fourth-order valence-electron chi connectivity index (χ4n) is 2.76. The van der Waals surface area contributed by atoms with Crippen molar-refractivity contribution in [3.05, 3.63) is 60.0 Å². The van der Waals surface area contributed by atoms with E-state index in [0.29, 0.717) is 25.3 Å². The van der Waals surface area contributed by atoms with Crippen LogP contribution < -0.4 is 5.32 Å². The quantitative estimate of drug-likeness (QED) is 0.840. The molecule has 0 aliphatic carbocycles. The predicted octanol–water partition coefficient (Wildman–Crippen LogP) is 3.08. The monoisotopic (exact) mass is 341 g/mol. The number of rotatable bonds is 7. The molecule has 1 aromatic heterocycles. The third-order valence-electron chi connectivity index (χ3n) is 4.08. The number of urea groups is 1. The summed E-state index contributed by atoms with van der Waals surface area (Å²) in [5.41, 5.74) is 1.81. The van der Waals surface area contributed by atoms with Crippen molar-refractivity contribution in [3.63, 3.8) is 0 Å². The van der Waals surface area contributed by atoms with Gasteiger partial charge < -0.3 is 19.5 Å². The van der Waals surface area contributed by atoms with Gasteiger partial charge in [-0.25, -0.2) is 4.79 Å². The van der Waals surface area contributed by atoms with Gasteiger partial charge in [-0.3, -0.25) is 0 Å². The largest absolute Gasteiger partial charge is 0.376 e. The Morgan fingerprint density at radius 1 is 1.32 bits per heavy atom. The van der Waals surface area contributed by atoms with Crippen LogP contribution in [-0.4, -0.2) is 41.9 Å². The van der Waals surface area contributed by atoms with Crippen molar-refractivity contribution in [1.82, 2.24) is 15.4 Å². The van der Waals surface area contributed by atoms with E-state index >= 15 is 0 Å². The standard InChI is InChI=1S/C19H23N3O3/c23-19(20-14-17-10-13-25-21-17)22(15-18-9-5-12-24-18)11-4-8-16-6-2-1-3-7-16/h1-4,6-8,10,13,18H,5,9,11-12,14-15H2,(H,20,23)/b8-4+. The fourth-order valence-corrected chi connectivity index (χ4v) is 2.76. The number of nitrogens with one attached hydrogen (secondary N) is 1. The Balaban J connectivity index is 1.57. The van der Waals surface area contributed by atoms with Crippen LogP contribution in [-0.2, 0) is 11.3 Å². The lowest BCUT2D eigenvalue weighted by Gasteiger charge is -2.24. The highest BCUT2D eigenvalue weighted by Crippen LogP contribution is 2.14. The molecular weight excluding hydrogens is 318 g/mol. The van der Waals surface area contributed by atoms with Gasteiger partial charge >= 0.3 is 6.03 Å².